The molecule has 0 radical (unpaired) electrons. The second kappa shape index (κ2) is 10.9. The Morgan fingerprint density at radius 3 is 2.58 bits per heavy atom. The second-order valence-corrected chi connectivity index (χ2v) is 8.03. The first-order chi connectivity index (χ1) is 15.0. The van der Waals surface area contributed by atoms with Crippen molar-refractivity contribution < 1.29 is 28.3 Å². The van der Waals surface area contributed by atoms with Crippen molar-refractivity contribution in [1.29, 1.82) is 0 Å². The van der Waals surface area contributed by atoms with Crippen LogP contribution in [0.4, 0.5) is 10.5 Å². The Morgan fingerprint density at radius 1 is 1.16 bits per heavy atom. The molecule has 2 unspecified atom stereocenters. The van der Waals surface area contributed by atoms with Crippen LogP contribution in [-0.2, 0) is 14.3 Å². The fourth-order valence-corrected chi connectivity index (χ4v) is 4.50. The van der Waals surface area contributed by atoms with Gasteiger partial charge in [-0.2, -0.15) is 0 Å². The predicted octanol–water partition coefficient (Wildman–Crippen LogP) is 4.45. The molecule has 8 nitrogen and oxygen atoms in total. The van der Waals surface area contributed by atoms with Crippen LogP contribution in [0.25, 0.3) is 0 Å². The third-order valence-electron chi connectivity index (χ3n) is 4.72. The van der Waals surface area contributed by atoms with Gasteiger partial charge in [0.05, 0.1) is 31.3 Å². The minimum Gasteiger partial charge on any atom is -0.472 e. The zero-order chi connectivity index (χ0) is 22.2. The van der Waals surface area contributed by atoms with Crippen molar-refractivity contribution >= 4 is 35.4 Å². The first kappa shape index (κ1) is 22.7. The van der Waals surface area contributed by atoms with Gasteiger partial charge in [0.2, 0.25) is 0 Å². The van der Waals surface area contributed by atoms with Crippen LogP contribution in [0.15, 0.2) is 47.3 Å². The van der Waals surface area contributed by atoms with Gasteiger partial charge in [-0.05, 0) is 43.7 Å². The largest absolute Gasteiger partial charge is 0.472 e. The summed E-state index contributed by atoms with van der Waals surface area (Å²) < 4.78 is 15.5. The number of esters is 2. The Morgan fingerprint density at radius 2 is 1.94 bits per heavy atom. The lowest BCUT2D eigenvalue weighted by molar-refractivity contribution is -0.148. The summed E-state index contributed by atoms with van der Waals surface area (Å²) >= 11 is 1.48. The average molecular weight is 447 g/mol. The van der Waals surface area contributed by atoms with Crippen molar-refractivity contribution in [1.82, 2.24) is 4.90 Å². The van der Waals surface area contributed by atoms with Crippen LogP contribution < -0.4 is 5.32 Å². The lowest BCUT2D eigenvalue weighted by Gasteiger charge is -2.28. The minimum absolute atomic E-state index is 0.287. The number of benzene rings is 1. The number of ether oxygens (including phenoxy) is 2. The van der Waals surface area contributed by atoms with Gasteiger partial charge >= 0.3 is 18.0 Å². The van der Waals surface area contributed by atoms with E-state index in [2.05, 4.69) is 5.32 Å². The molecule has 0 spiro atoms. The van der Waals surface area contributed by atoms with Crippen LogP contribution in [0.1, 0.15) is 48.0 Å². The minimum atomic E-state index is -0.708. The van der Waals surface area contributed by atoms with Gasteiger partial charge in [0, 0.05) is 17.0 Å². The van der Waals surface area contributed by atoms with E-state index in [9.17, 15) is 14.4 Å². The van der Waals surface area contributed by atoms with E-state index in [0.717, 1.165) is 18.4 Å². The number of hydrogen-bond acceptors (Lipinski definition) is 7. The summed E-state index contributed by atoms with van der Waals surface area (Å²) in [6, 6.07) is 7.03. The van der Waals surface area contributed by atoms with Crippen molar-refractivity contribution in [3.05, 3.63) is 54.0 Å². The Kier molecular flexibility index (Phi) is 8.00. The fourth-order valence-electron chi connectivity index (χ4n) is 3.11. The maximum absolute atomic E-state index is 13.2. The molecule has 1 N–H and O–H groups in total. The highest BCUT2D eigenvalue weighted by Crippen LogP contribution is 2.42. The number of anilines is 1. The van der Waals surface area contributed by atoms with E-state index in [1.165, 1.54) is 22.9 Å². The molecule has 1 aliphatic heterocycles. The van der Waals surface area contributed by atoms with Gasteiger partial charge in [-0.3, -0.25) is 4.90 Å². The molecule has 2 heterocycles. The topological polar surface area (TPSA) is 98.1 Å². The summed E-state index contributed by atoms with van der Waals surface area (Å²) in [5.41, 5.74) is 1.69. The highest BCUT2D eigenvalue weighted by Gasteiger charge is 2.43. The molecule has 3 rings (SSSR count). The second-order valence-electron chi connectivity index (χ2n) is 6.91. The highest BCUT2D eigenvalue weighted by molar-refractivity contribution is 7.99. The molecule has 2 atom stereocenters. The summed E-state index contributed by atoms with van der Waals surface area (Å²) in [4.78, 5) is 39.1. The molecule has 9 heteroatoms. The van der Waals surface area contributed by atoms with Crippen LogP contribution in [-0.4, -0.2) is 47.9 Å². The molecule has 2 amide bonds. The third-order valence-corrected chi connectivity index (χ3v) is 6.05. The normalized spacial score (nSPS) is 17.9. The van der Waals surface area contributed by atoms with E-state index < -0.39 is 24.0 Å². The molecule has 31 heavy (non-hydrogen) atoms. The monoisotopic (exact) mass is 446 g/mol. The number of rotatable bonds is 8. The molecular formula is C22H26N2O6S. The van der Waals surface area contributed by atoms with Gasteiger partial charge in [0.1, 0.15) is 11.4 Å². The van der Waals surface area contributed by atoms with Crippen LogP contribution in [0.3, 0.4) is 0 Å². The molecule has 2 aromatic rings. The molecule has 1 saturated heterocycles. The number of thioether (sulfide) groups is 1. The lowest BCUT2D eigenvalue weighted by Crippen LogP contribution is -2.45. The molecule has 0 bridgehead atoms. The molecule has 1 aromatic carbocycles. The summed E-state index contributed by atoms with van der Waals surface area (Å²) in [7, 11) is 0. The Labute approximate surface area is 185 Å². The van der Waals surface area contributed by atoms with Gasteiger partial charge in [-0.1, -0.05) is 13.3 Å². The zero-order valence-corrected chi connectivity index (χ0v) is 18.4. The number of nitrogens with zero attached hydrogens (tertiary/aromatic N) is 1. The summed E-state index contributed by atoms with van der Waals surface area (Å²) in [5, 5.41) is 2.44. The van der Waals surface area contributed by atoms with Gasteiger partial charge < -0.3 is 19.2 Å². The van der Waals surface area contributed by atoms with Gasteiger partial charge in [0.15, 0.2) is 0 Å². The van der Waals surface area contributed by atoms with Crippen molar-refractivity contribution in [2.24, 2.45) is 0 Å². The summed E-state index contributed by atoms with van der Waals surface area (Å²) in [6.45, 7) is 4.37. The Hall–Kier alpha value is -2.94. The Bertz CT molecular complexity index is 884. The lowest BCUT2D eigenvalue weighted by atomic mass is 10.2. The maximum atomic E-state index is 13.2. The molecule has 0 saturated carbocycles. The van der Waals surface area contributed by atoms with Gasteiger partial charge in [0.25, 0.3) is 0 Å². The predicted molar refractivity (Wildman–Crippen MR) is 117 cm³/mol. The van der Waals surface area contributed by atoms with E-state index >= 15 is 0 Å². The molecule has 1 aromatic heterocycles. The highest BCUT2D eigenvalue weighted by atomic mass is 32.2. The number of furan rings is 1. The molecule has 1 fully saturated rings. The van der Waals surface area contributed by atoms with Gasteiger partial charge in [-0.15, -0.1) is 11.8 Å². The van der Waals surface area contributed by atoms with E-state index in [4.69, 9.17) is 13.9 Å². The molecule has 0 aliphatic carbocycles. The number of nitrogens with one attached hydrogen (secondary N) is 1. The quantitative estimate of drug-likeness (QED) is 0.473. The van der Waals surface area contributed by atoms with E-state index in [1.54, 1.807) is 43.5 Å². The number of amides is 2. The SMILES string of the molecule is CCCCOC(=O)C1CSC(c2ccoc2)N1C(=O)Nc1ccc(C(=O)OCC)cc1. The Balaban J connectivity index is 1.74. The zero-order valence-electron chi connectivity index (χ0n) is 17.5. The first-order valence-electron chi connectivity index (χ1n) is 10.2. The summed E-state index contributed by atoms with van der Waals surface area (Å²) in [6.07, 6.45) is 4.79. The number of carbonyl (C=O) groups excluding carboxylic acids is 3. The van der Waals surface area contributed by atoms with Crippen LogP contribution in [0.2, 0.25) is 0 Å². The van der Waals surface area contributed by atoms with Crippen LogP contribution in [0, 0.1) is 0 Å². The average Bonchev–Trinajstić information content (AvgIpc) is 3.44. The number of carbonyl (C=O) groups is 3. The van der Waals surface area contributed by atoms with Crippen molar-refractivity contribution in [2.75, 3.05) is 24.3 Å². The number of hydrogen-bond donors (Lipinski definition) is 1. The van der Waals surface area contributed by atoms with Crippen molar-refractivity contribution in [2.45, 2.75) is 38.1 Å². The van der Waals surface area contributed by atoms with E-state index in [-0.39, 0.29) is 12.0 Å². The van der Waals surface area contributed by atoms with E-state index in [0.29, 0.717) is 23.6 Å². The van der Waals surface area contributed by atoms with Crippen molar-refractivity contribution in [3.63, 3.8) is 0 Å². The fraction of sp³-hybridized carbons (Fsp3) is 0.409. The number of urea groups is 1. The number of unbranched alkanes of at least 4 members (excludes halogenated alkanes) is 1. The van der Waals surface area contributed by atoms with Gasteiger partial charge in [-0.25, -0.2) is 14.4 Å². The van der Waals surface area contributed by atoms with E-state index in [1.807, 2.05) is 6.92 Å². The molecule has 166 valence electrons. The first-order valence-corrected chi connectivity index (χ1v) is 11.3. The molecular weight excluding hydrogens is 420 g/mol. The van der Waals surface area contributed by atoms with Crippen molar-refractivity contribution in [3.8, 4) is 0 Å². The molecule has 1 aliphatic rings. The summed E-state index contributed by atoms with van der Waals surface area (Å²) in [5.74, 6) is -0.415. The smallest absolute Gasteiger partial charge is 0.338 e. The van der Waals surface area contributed by atoms with Crippen LogP contribution >= 0.6 is 11.8 Å². The van der Waals surface area contributed by atoms with Crippen LogP contribution in [0.5, 0.6) is 0 Å². The third kappa shape index (κ3) is 5.61. The maximum Gasteiger partial charge on any atom is 0.338 e. The standard InChI is InChI=1S/C22H26N2O6S/c1-3-5-11-30-21(26)18-14-31-19(16-10-12-28-13-16)24(18)22(27)23-17-8-6-15(7-9-17)20(25)29-4-2/h6-10,12-13,18-19H,3-5,11,14H2,1-2H3,(H,23,27).